The van der Waals surface area contributed by atoms with Crippen LogP contribution in [-0.4, -0.2) is 50.3 Å². The van der Waals surface area contributed by atoms with Crippen molar-refractivity contribution in [3.63, 3.8) is 0 Å². The number of nitrogens with zero attached hydrogens (tertiary/aromatic N) is 6. The normalized spacial score (nSPS) is 15.0. The first-order chi connectivity index (χ1) is 13.6. The number of aromatic nitrogens is 5. The number of carbonyl (C=O) groups excluding carboxylic acids is 1. The number of carbonyl (C=O) groups is 1. The van der Waals surface area contributed by atoms with Gasteiger partial charge in [-0.2, -0.15) is 5.10 Å². The number of rotatable bonds is 5. The Balaban J connectivity index is 1.45. The Morgan fingerprint density at radius 1 is 1.18 bits per heavy atom. The van der Waals surface area contributed by atoms with Crippen LogP contribution >= 0.6 is 11.3 Å². The molecular weight excluding hydrogens is 374 g/mol. The number of anilines is 1. The molecule has 0 spiro atoms. The average molecular weight is 400 g/mol. The lowest BCUT2D eigenvalue weighted by atomic mass is 10.2. The second-order valence-corrected chi connectivity index (χ2v) is 8.31. The summed E-state index contributed by atoms with van der Waals surface area (Å²) < 4.78 is 1.84. The highest BCUT2D eigenvalue weighted by Gasteiger charge is 2.17. The molecule has 1 fully saturated rings. The summed E-state index contributed by atoms with van der Waals surface area (Å²) in [4.78, 5) is 28.7. The first-order valence-electron chi connectivity index (χ1n) is 9.77. The van der Waals surface area contributed by atoms with E-state index in [0.29, 0.717) is 18.0 Å². The van der Waals surface area contributed by atoms with E-state index in [1.54, 1.807) is 6.33 Å². The molecular formula is C19H25N7OS. The maximum atomic E-state index is 12.4. The van der Waals surface area contributed by atoms with Crippen molar-refractivity contribution in [3.05, 3.63) is 28.1 Å². The third-order valence-corrected chi connectivity index (χ3v) is 6.11. The highest BCUT2D eigenvalue weighted by Crippen LogP contribution is 2.25. The van der Waals surface area contributed by atoms with Gasteiger partial charge < -0.3 is 10.2 Å². The van der Waals surface area contributed by atoms with Crippen LogP contribution < -0.4 is 10.2 Å². The zero-order valence-corrected chi connectivity index (χ0v) is 17.1. The summed E-state index contributed by atoms with van der Waals surface area (Å²) in [7, 11) is 0. The molecule has 9 heteroatoms. The summed E-state index contributed by atoms with van der Waals surface area (Å²) >= 11 is 1.42. The summed E-state index contributed by atoms with van der Waals surface area (Å²) in [6.07, 6.45) is 8.41. The minimum absolute atomic E-state index is 0.0838. The quantitative estimate of drug-likeness (QED) is 0.710. The SMILES string of the molecule is Cc1nc(C)c(C(=O)NCCn2ncc3c(N4CCCCCC4)ncnc32)s1. The fraction of sp³-hybridized carbons (Fsp3) is 0.526. The molecule has 0 saturated carbocycles. The number of aryl methyl sites for hydroxylation is 2. The molecule has 3 aromatic rings. The molecule has 148 valence electrons. The van der Waals surface area contributed by atoms with Gasteiger partial charge in [0.1, 0.15) is 17.0 Å². The molecule has 0 unspecified atom stereocenters. The van der Waals surface area contributed by atoms with Crippen molar-refractivity contribution in [2.75, 3.05) is 24.5 Å². The van der Waals surface area contributed by atoms with Crippen LogP contribution in [0.5, 0.6) is 0 Å². The summed E-state index contributed by atoms with van der Waals surface area (Å²) in [5, 5.41) is 9.33. The minimum atomic E-state index is -0.0838. The topological polar surface area (TPSA) is 88.8 Å². The third kappa shape index (κ3) is 3.84. The molecule has 8 nitrogen and oxygen atoms in total. The highest BCUT2D eigenvalue weighted by atomic mass is 32.1. The molecule has 3 aromatic heterocycles. The van der Waals surface area contributed by atoms with Crippen molar-refractivity contribution >= 4 is 34.1 Å². The van der Waals surface area contributed by atoms with E-state index < -0.39 is 0 Å². The van der Waals surface area contributed by atoms with Crippen LogP contribution in [0.1, 0.15) is 46.1 Å². The smallest absolute Gasteiger partial charge is 0.263 e. The van der Waals surface area contributed by atoms with Gasteiger partial charge in [-0.25, -0.2) is 19.6 Å². The number of fused-ring (bicyclic) bond motifs is 1. The Labute approximate surface area is 168 Å². The molecule has 1 saturated heterocycles. The van der Waals surface area contributed by atoms with Gasteiger partial charge in [0.2, 0.25) is 0 Å². The molecule has 0 bridgehead atoms. The Bertz CT molecular complexity index is 972. The summed E-state index contributed by atoms with van der Waals surface area (Å²) in [6.45, 7) is 6.87. The van der Waals surface area contributed by atoms with Gasteiger partial charge in [-0.05, 0) is 26.7 Å². The van der Waals surface area contributed by atoms with Gasteiger partial charge in [-0.15, -0.1) is 11.3 Å². The molecule has 0 radical (unpaired) electrons. The lowest BCUT2D eigenvalue weighted by molar-refractivity contribution is 0.0955. The number of amides is 1. The van der Waals surface area contributed by atoms with Crippen LogP contribution in [0.15, 0.2) is 12.5 Å². The standard InChI is InChI=1S/C19H25N7OS/c1-13-16(28-14(2)24-13)19(27)20-7-10-26-18-15(11-23-26)17(21-12-22-18)25-8-5-3-4-6-9-25/h11-12H,3-10H2,1-2H3,(H,20,27). The van der Waals surface area contributed by atoms with E-state index in [1.165, 1.54) is 37.0 Å². The molecule has 1 aliphatic heterocycles. The van der Waals surface area contributed by atoms with E-state index in [0.717, 1.165) is 40.6 Å². The van der Waals surface area contributed by atoms with E-state index in [2.05, 4.69) is 30.3 Å². The molecule has 4 heterocycles. The maximum absolute atomic E-state index is 12.4. The first kappa shape index (κ1) is 18.8. The van der Waals surface area contributed by atoms with Gasteiger partial charge >= 0.3 is 0 Å². The van der Waals surface area contributed by atoms with Gasteiger partial charge in [0.25, 0.3) is 5.91 Å². The summed E-state index contributed by atoms with van der Waals surface area (Å²) in [6, 6.07) is 0. The molecule has 1 aliphatic rings. The van der Waals surface area contributed by atoms with Crippen molar-refractivity contribution in [1.82, 2.24) is 30.0 Å². The average Bonchev–Trinajstić information content (AvgIpc) is 3.13. The molecule has 4 rings (SSSR count). The fourth-order valence-corrected chi connectivity index (χ4v) is 4.51. The number of hydrogen-bond donors (Lipinski definition) is 1. The Kier molecular flexibility index (Phi) is 5.52. The first-order valence-corrected chi connectivity index (χ1v) is 10.6. The second-order valence-electron chi connectivity index (χ2n) is 7.11. The Morgan fingerprint density at radius 3 is 2.68 bits per heavy atom. The molecule has 0 atom stereocenters. The zero-order valence-electron chi connectivity index (χ0n) is 16.3. The highest BCUT2D eigenvalue weighted by molar-refractivity contribution is 7.13. The predicted molar refractivity (Wildman–Crippen MR) is 110 cm³/mol. The fourth-order valence-electron chi connectivity index (χ4n) is 3.68. The van der Waals surface area contributed by atoms with Crippen molar-refractivity contribution in [1.29, 1.82) is 0 Å². The van der Waals surface area contributed by atoms with Gasteiger partial charge in [0, 0.05) is 19.6 Å². The molecule has 0 aromatic carbocycles. The van der Waals surface area contributed by atoms with Crippen LogP contribution in [0.25, 0.3) is 11.0 Å². The van der Waals surface area contributed by atoms with Crippen molar-refractivity contribution in [2.24, 2.45) is 0 Å². The second kappa shape index (κ2) is 8.22. The number of nitrogens with one attached hydrogen (secondary N) is 1. The molecule has 1 N–H and O–H groups in total. The van der Waals surface area contributed by atoms with Gasteiger partial charge in [0.15, 0.2) is 5.65 Å². The van der Waals surface area contributed by atoms with E-state index in [-0.39, 0.29) is 5.91 Å². The van der Waals surface area contributed by atoms with Crippen LogP contribution in [0.4, 0.5) is 5.82 Å². The van der Waals surface area contributed by atoms with E-state index >= 15 is 0 Å². The summed E-state index contributed by atoms with van der Waals surface area (Å²) in [5.41, 5.74) is 1.59. The predicted octanol–water partition coefficient (Wildman–Crippen LogP) is 2.71. The zero-order chi connectivity index (χ0) is 19.5. The lowest BCUT2D eigenvalue weighted by Crippen LogP contribution is -2.27. The Hall–Kier alpha value is -2.55. The molecule has 0 aliphatic carbocycles. The Morgan fingerprint density at radius 2 is 1.96 bits per heavy atom. The van der Waals surface area contributed by atoms with E-state index in [4.69, 9.17) is 0 Å². The van der Waals surface area contributed by atoms with Crippen LogP contribution in [-0.2, 0) is 6.54 Å². The van der Waals surface area contributed by atoms with Gasteiger partial charge in [-0.1, -0.05) is 12.8 Å². The minimum Gasteiger partial charge on any atom is -0.356 e. The number of thiazole rings is 1. The number of hydrogen-bond acceptors (Lipinski definition) is 7. The third-order valence-electron chi connectivity index (χ3n) is 5.04. The molecule has 28 heavy (non-hydrogen) atoms. The maximum Gasteiger partial charge on any atom is 0.263 e. The van der Waals surface area contributed by atoms with Gasteiger partial charge in [0.05, 0.1) is 28.8 Å². The lowest BCUT2D eigenvalue weighted by Gasteiger charge is -2.21. The van der Waals surface area contributed by atoms with E-state index in [9.17, 15) is 4.79 Å². The van der Waals surface area contributed by atoms with Crippen molar-refractivity contribution < 1.29 is 4.79 Å². The monoisotopic (exact) mass is 399 g/mol. The van der Waals surface area contributed by atoms with Gasteiger partial charge in [-0.3, -0.25) is 4.79 Å². The van der Waals surface area contributed by atoms with Crippen LogP contribution in [0.3, 0.4) is 0 Å². The van der Waals surface area contributed by atoms with Crippen LogP contribution in [0.2, 0.25) is 0 Å². The summed E-state index contributed by atoms with van der Waals surface area (Å²) in [5.74, 6) is 0.886. The van der Waals surface area contributed by atoms with E-state index in [1.807, 2.05) is 24.7 Å². The largest absolute Gasteiger partial charge is 0.356 e. The molecule has 1 amide bonds. The van der Waals surface area contributed by atoms with Crippen molar-refractivity contribution in [2.45, 2.75) is 46.1 Å². The van der Waals surface area contributed by atoms with Crippen LogP contribution in [0, 0.1) is 13.8 Å². The van der Waals surface area contributed by atoms with Crippen molar-refractivity contribution in [3.8, 4) is 0 Å².